The van der Waals surface area contributed by atoms with Crippen molar-refractivity contribution >= 4 is 11.6 Å². The van der Waals surface area contributed by atoms with Crippen LogP contribution in [-0.2, 0) is 9.53 Å². The van der Waals surface area contributed by atoms with E-state index in [1.807, 2.05) is 39.0 Å². The Morgan fingerprint density at radius 2 is 2.21 bits per heavy atom. The Balaban J connectivity index is 2.80. The molecule has 102 valence electrons. The summed E-state index contributed by atoms with van der Waals surface area (Å²) in [6, 6.07) is 5.56. The molecule has 1 amide bonds. The number of aliphatic hydroxyl groups excluding tert-OH is 1. The molecule has 4 nitrogen and oxygen atoms in total. The van der Waals surface area contributed by atoms with Gasteiger partial charge in [-0.3, -0.25) is 4.79 Å². The molecule has 0 aliphatic heterocycles. The van der Waals surface area contributed by atoms with Crippen LogP contribution in [0.3, 0.4) is 0 Å². The van der Waals surface area contributed by atoms with E-state index in [0.717, 1.165) is 5.56 Å². The van der Waals surface area contributed by atoms with E-state index in [1.165, 1.54) is 0 Å². The highest BCUT2D eigenvalue weighted by Gasteiger charge is 2.07. The van der Waals surface area contributed by atoms with Crippen molar-refractivity contribution in [1.29, 1.82) is 0 Å². The maximum atomic E-state index is 11.7. The summed E-state index contributed by atoms with van der Waals surface area (Å²) in [5.41, 5.74) is 2.34. The number of carbonyl (C=O) groups excluding carboxylic acids is 1. The average molecular weight is 261 g/mol. The lowest BCUT2D eigenvalue weighted by Gasteiger charge is -2.10. The van der Waals surface area contributed by atoms with Gasteiger partial charge >= 0.3 is 0 Å². The van der Waals surface area contributed by atoms with Crippen molar-refractivity contribution in [3.8, 4) is 11.8 Å². The van der Waals surface area contributed by atoms with E-state index in [9.17, 15) is 4.79 Å². The molecule has 0 radical (unpaired) electrons. The fourth-order valence-electron chi connectivity index (χ4n) is 1.43. The zero-order valence-electron chi connectivity index (χ0n) is 11.5. The minimum Gasteiger partial charge on any atom is -0.384 e. The summed E-state index contributed by atoms with van der Waals surface area (Å²) in [6.45, 7) is 5.48. The minimum absolute atomic E-state index is 0.0110. The molecule has 0 saturated carbocycles. The highest BCUT2D eigenvalue weighted by Crippen LogP contribution is 2.16. The summed E-state index contributed by atoms with van der Waals surface area (Å²) >= 11 is 0. The molecule has 0 aliphatic carbocycles. The van der Waals surface area contributed by atoms with Crippen molar-refractivity contribution in [2.45, 2.75) is 26.9 Å². The van der Waals surface area contributed by atoms with E-state index in [1.54, 1.807) is 0 Å². The van der Waals surface area contributed by atoms with Gasteiger partial charge < -0.3 is 15.2 Å². The van der Waals surface area contributed by atoms with Gasteiger partial charge in [0.1, 0.15) is 13.2 Å². The predicted octanol–water partition coefficient (Wildman–Crippen LogP) is 1.70. The third-order valence-electron chi connectivity index (χ3n) is 2.30. The quantitative estimate of drug-likeness (QED) is 0.811. The number of rotatable bonds is 4. The van der Waals surface area contributed by atoms with E-state index >= 15 is 0 Å². The van der Waals surface area contributed by atoms with E-state index in [0.29, 0.717) is 11.3 Å². The summed E-state index contributed by atoms with van der Waals surface area (Å²) in [4.78, 5) is 11.7. The van der Waals surface area contributed by atoms with E-state index < -0.39 is 0 Å². The number of amides is 1. The Morgan fingerprint density at radius 3 is 2.84 bits per heavy atom. The number of aryl methyl sites for hydroxylation is 1. The Kier molecular flexibility index (Phi) is 6.07. The minimum atomic E-state index is -0.216. The van der Waals surface area contributed by atoms with Crippen LogP contribution in [0.15, 0.2) is 18.2 Å². The van der Waals surface area contributed by atoms with E-state index in [2.05, 4.69) is 17.2 Å². The van der Waals surface area contributed by atoms with Crippen LogP contribution < -0.4 is 5.32 Å². The molecule has 1 rings (SSSR count). The third kappa shape index (κ3) is 5.56. The van der Waals surface area contributed by atoms with Crippen LogP contribution in [0.5, 0.6) is 0 Å². The van der Waals surface area contributed by atoms with Gasteiger partial charge in [0.15, 0.2) is 0 Å². The molecule has 4 heteroatoms. The summed E-state index contributed by atoms with van der Waals surface area (Å²) in [5.74, 6) is 5.16. The second-order valence-corrected chi connectivity index (χ2v) is 4.42. The Morgan fingerprint density at radius 1 is 1.47 bits per heavy atom. The Labute approximate surface area is 113 Å². The maximum Gasteiger partial charge on any atom is 0.250 e. The largest absolute Gasteiger partial charge is 0.384 e. The number of aliphatic hydroxyl groups is 1. The maximum absolute atomic E-state index is 11.7. The highest BCUT2D eigenvalue weighted by molar-refractivity contribution is 5.93. The van der Waals surface area contributed by atoms with E-state index in [4.69, 9.17) is 9.84 Å². The number of hydrogen-bond acceptors (Lipinski definition) is 3. The number of carbonyl (C=O) groups is 1. The van der Waals surface area contributed by atoms with Gasteiger partial charge in [-0.25, -0.2) is 0 Å². The van der Waals surface area contributed by atoms with Crippen LogP contribution in [0.1, 0.15) is 25.0 Å². The number of ether oxygens (including phenoxy) is 1. The fraction of sp³-hybridized carbons (Fsp3) is 0.400. The average Bonchev–Trinajstić information content (AvgIpc) is 2.35. The van der Waals surface area contributed by atoms with E-state index in [-0.39, 0.29) is 25.2 Å². The van der Waals surface area contributed by atoms with Crippen molar-refractivity contribution in [3.05, 3.63) is 29.3 Å². The molecule has 1 aromatic rings. The lowest BCUT2D eigenvalue weighted by molar-refractivity contribution is -0.121. The van der Waals surface area contributed by atoms with Gasteiger partial charge in [-0.15, -0.1) is 0 Å². The normalized spacial score (nSPS) is 9.95. The smallest absolute Gasteiger partial charge is 0.250 e. The summed E-state index contributed by atoms with van der Waals surface area (Å²) in [5, 5.41) is 11.5. The number of benzene rings is 1. The second-order valence-electron chi connectivity index (χ2n) is 4.42. The summed E-state index contributed by atoms with van der Waals surface area (Å²) < 4.78 is 5.24. The number of nitrogens with one attached hydrogen (secondary N) is 1. The molecular formula is C15H19NO3. The van der Waals surface area contributed by atoms with Crippen LogP contribution >= 0.6 is 0 Å². The molecule has 0 unspecified atom stereocenters. The molecule has 0 saturated heterocycles. The first-order valence-electron chi connectivity index (χ1n) is 6.14. The molecule has 1 aromatic carbocycles. The molecule has 0 heterocycles. The van der Waals surface area contributed by atoms with Crippen LogP contribution in [0.4, 0.5) is 5.69 Å². The van der Waals surface area contributed by atoms with Gasteiger partial charge in [-0.05, 0) is 38.5 Å². The summed E-state index contributed by atoms with van der Waals surface area (Å²) in [6.07, 6.45) is 0.0110. The van der Waals surface area contributed by atoms with Crippen LogP contribution in [0.25, 0.3) is 0 Å². The first-order valence-corrected chi connectivity index (χ1v) is 6.14. The molecule has 0 atom stereocenters. The molecule has 0 aromatic heterocycles. The molecule has 2 N–H and O–H groups in total. The lowest BCUT2D eigenvalue weighted by Crippen LogP contribution is -2.21. The Bertz CT molecular complexity index is 498. The van der Waals surface area contributed by atoms with Gasteiger partial charge in [0.05, 0.1) is 11.8 Å². The monoisotopic (exact) mass is 261 g/mol. The molecule has 19 heavy (non-hydrogen) atoms. The number of hydrogen-bond donors (Lipinski definition) is 2. The predicted molar refractivity (Wildman–Crippen MR) is 74.9 cm³/mol. The molecule has 0 fully saturated rings. The topological polar surface area (TPSA) is 58.6 Å². The molecule has 0 bridgehead atoms. The zero-order valence-corrected chi connectivity index (χ0v) is 11.5. The van der Waals surface area contributed by atoms with Gasteiger partial charge in [-0.1, -0.05) is 17.9 Å². The van der Waals surface area contributed by atoms with Crippen molar-refractivity contribution in [3.63, 3.8) is 0 Å². The van der Waals surface area contributed by atoms with Gasteiger partial charge in [-0.2, -0.15) is 0 Å². The molecule has 0 spiro atoms. The number of anilines is 1. The Hall–Kier alpha value is -1.83. The third-order valence-corrected chi connectivity index (χ3v) is 2.30. The SMILES string of the molecule is Cc1ccc(C#CCO)c(NC(=O)COC(C)C)c1. The highest BCUT2D eigenvalue weighted by atomic mass is 16.5. The first-order chi connectivity index (χ1) is 9.02. The van der Waals surface area contributed by atoms with Crippen molar-refractivity contribution in [2.75, 3.05) is 18.5 Å². The summed E-state index contributed by atoms with van der Waals surface area (Å²) in [7, 11) is 0. The van der Waals surface area contributed by atoms with Crippen LogP contribution in [0.2, 0.25) is 0 Å². The molecular weight excluding hydrogens is 242 g/mol. The molecule has 0 aliphatic rings. The van der Waals surface area contributed by atoms with Gasteiger partial charge in [0.25, 0.3) is 0 Å². The fourth-order valence-corrected chi connectivity index (χ4v) is 1.43. The first kappa shape index (κ1) is 15.2. The zero-order chi connectivity index (χ0) is 14.3. The van der Waals surface area contributed by atoms with Gasteiger partial charge in [0, 0.05) is 5.56 Å². The lowest BCUT2D eigenvalue weighted by atomic mass is 10.1. The van der Waals surface area contributed by atoms with Crippen molar-refractivity contribution in [2.24, 2.45) is 0 Å². The van der Waals surface area contributed by atoms with Gasteiger partial charge in [0.2, 0.25) is 5.91 Å². The van der Waals surface area contributed by atoms with Crippen LogP contribution in [0, 0.1) is 18.8 Å². The second kappa shape index (κ2) is 7.57. The van der Waals surface area contributed by atoms with Crippen molar-refractivity contribution in [1.82, 2.24) is 0 Å². The van der Waals surface area contributed by atoms with Crippen molar-refractivity contribution < 1.29 is 14.6 Å². The standard InChI is InChI=1S/C15H19NO3/c1-11(2)19-10-15(18)16-14-9-12(3)6-7-13(14)5-4-8-17/h6-7,9,11,17H,8,10H2,1-3H3,(H,16,18). The van der Waals surface area contributed by atoms with Crippen LogP contribution in [-0.4, -0.2) is 30.3 Å².